The van der Waals surface area contributed by atoms with Gasteiger partial charge in [-0.15, -0.1) is 0 Å². The third-order valence-electron chi connectivity index (χ3n) is 2.64. The third kappa shape index (κ3) is 3.22. The maximum atomic E-state index is 12.1. The number of rotatable bonds is 4. The quantitative estimate of drug-likeness (QED) is 0.903. The van der Waals surface area contributed by atoms with Gasteiger partial charge in [0, 0.05) is 5.56 Å². The first-order valence-electron chi connectivity index (χ1n) is 6.13. The second-order valence-corrected chi connectivity index (χ2v) is 4.46. The van der Waals surface area contributed by atoms with Gasteiger partial charge in [0.1, 0.15) is 11.5 Å². The molecule has 0 aliphatic rings. The summed E-state index contributed by atoms with van der Waals surface area (Å²) in [5, 5.41) is 12.2. The van der Waals surface area contributed by atoms with Gasteiger partial charge in [-0.1, -0.05) is 23.7 Å². The molecular formula is C15H14ClNO3. The van der Waals surface area contributed by atoms with Gasteiger partial charge in [-0.05, 0) is 37.3 Å². The number of nitrogens with one attached hydrogen (secondary N) is 1. The lowest BCUT2D eigenvalue weighted by atomic mass is 10.2. The summed E-state index contributed by atoms with van der Waals surface area (Å²) in [5.41, 5.74) is 0.947. The molecule has 0 aromatic heterocycles. The number of halogens is 1. The summed E-state index contributed by atoms with van der Waals surface area (Å²) in [6.45, 7) is 2.39. The summed E-state index contributed by atoms with van der Waals surface area (Å²) in [4.78, 5) is 12.1. The number of ether oxygens (including phenoxy) is 1. The summed E-state index contributed by atoms with van der Waals surface area (Å²) in [5.74, 6) is 0.227. The summed E-state index contributed by atoms with van der Waals surface area (Å²) >= 11 is 5.79. The Morgan fingerprint density at radius 1 is 1.30 bits per heavy atom. The maximum Gasteiger partial charge on any atom is 0.255 e. The molecule has 0 spiro atoms. The van der Waals surface area contributed by atoms with Gasteiger partial charge in [0.2, 0.25) is 0 Å². The number of para-hydroxylation sites is 2. The van der Waals surface area contributed by atoms with E-state index in [1.807, 2.05) is 19.1 Å². The molecular weight excluding hydrogens is 278 g/mol. The Kier molecular flexibility index (Phi) is 4.48. The largest absolute Gasteiger partial charge is 0.506 e. The number of phenolic OH excluding ortho intramolecular Hbond substituents is 1. The van der Waals surface area contributed by atoms with Crippen molar-refractivity contribution in [2.24, 2.45) is 0 Å². The Hall–Kier alpha value is -2.20. The molecule has 0 fully saturated rings. The zero-order chi connectivity index (χ0) is 14.5. The molecule has 0 heterocycles. The summed E-state index contributed by atoms with van der Waals surface area (Å²) in [6, 6.07) is 11.5. The molecule has 5 heteroatoms. The molecule has 1 amide bonds. The maximum absolute atomic E-state index is 12.1. The number of hydrogen-bond acceptors (Lipinski definition) is 3. The average Bonchev–Trinajstić information content (AvgIpc) is 2.44. The van der Waals surface area contributed by atoms with Crippen molar-refractivity contribution in [3.05, 3.63) is 53.1 Å². The summed E-state index contributed by atoms with van der Waals surface area (Å²) in [6.07, 6.45) is 0. The van der Waals surface area contributed by atoms with Crippen LogP contribution in [0.2, 0.25) is 5.02 Å². The van der Waals surface area contributed by atoms with Crippen molar-refractivity contribution in [3.63, 3.8) is 0 Å². The second-order valence-electron chi connectivity index (χ2n) is 4.05. The second kappa shape index (κ2) is 6.30. The van der Waals surface area contributed by atoms with Gasteiger partial charge < -0.3 is 15.2 Å². The highest BCUT2D eigenvalue weighted by Gasteiger charge is 2.11. The lowest BCUT2D eigenvalue weighted by Crippen LogP contribution is -2.12. The van der Waals surface area contributed by atoms with E-state index >= 15 is 0 Å². The lowest BCUT2D eigenvalue weighted by molar-refractivity contribution is 0.102. The van der Waals surface area contributed by atoms with Crippen LogP contribution in [0.1, 0.15) is 17.3 Å². The van der Waals surface area contributed by atoms with Crippen LogP contribution >= 0.6 is 11.6 Å². The zero-order valence-electron chi connectivity index (χ0n) is 10.9. The van der Waals surface area contributed by atoms with E-state index in [9.17, 15) is 9.90 Å². The molecule has 2 rings (SSSR count). The minimum absolute atomic E-state index is 0.0575. The number of anilines is 1. The van der Waals surface area contributed by atoms with Crippen molar-refractivity contribution in [2.45, 2.75) is 6.92 Å². The summed E-state index contributed by atoms with van der Waals surface area (Å²) < 4.78 is 5.44. The van der Waals surface area contributed by atoms with Gasteiger partial charge in [0.25, 0.3) is 5.91 Å². The van der Waals surface area contributed by atoms with Crippen molar-refractivity contribution in [3.8, 4) is 11.5 Å². The zero-order valence-corrected chi connectivity index (χ0v) is 11.6. The molecule has 0 atom stereocenters. The van der Waals surface area contributed by atoms with Crippen molar-refractivity contribution in [2.75, 3.05) is 11.9 Å². The van der Waals surface area contributed by atoms with Crippen LogP contribution in [-0.4, -0.2) is 17.6 Å². The molecule has 2 aromatic rings. The number of phenols is 1. The van der Waals surface area contributed by atoms with E-state index in [0.29, 0.717) is 23.6 Å². The molecule has 0 radical (unpaired) electrons. The minimum atomic E-state index is -0.320. The molecule has 0 bridgehead atoms. The van der Waals surface area contributed by atoms with Gasteiger partial charge in [-0.3, -0.25) is 4.79 Å². The Morgan fingerprint density at radius 2 is 2.05 bits per heavy atom. The van der Waals surface area contributed by atoms with Crippen LogP contribution in [0, 0.1) is 0 Å². The molecule has 2 aromatic carbocycles. The standard InChI is InChI=1S/C15H14ClNO3/c1-2-20-14-6-4-3-5-12(14)17-15(19)10-7-8-13(18)11(16)9-10/h3-9,18H,2H2,1H3,(H,17,19). The monoisotopic (exact) mass is 291 g/mol. The number of carbonyl (C=O) groups excluding carboxylic acids is 1. The highest BCUT2D eigenvalue weighted by atomic mass is 35.5. The van der Waals surface area contributed by atoms with E-state index in [4.69, 9.17) is 16.3 Å². The van der Waals surface area contributed by atoms with E-state index in [0.717, 1.165) is 0 Å². The molecule has 0 saturated heterocycles. The molecule has 4 nitrogen and oxygen atoms in total. The third-order valence-corrected chi connectivity index (χ3v) is 2.95. The summed E-state index contributed by atoms with van der Waals surface area (Å²) in [7, 11) is 0. The van der Waals surface area contributed by atoms with Gasteiger partial charge in [-0.2, -0.15) is 0 Å². The first-order chi connectivity index (χ1) is 9.61. The van der Waals surface area contributed by atoms with E-state index in [-0.39, 0.29) is 16.7 Å². The Bertz CT molecular complexity index is 628. The SMILES string of the molecule is CCOc1ccccc1NC(=O)c1ccc(O)c(Cl)c1. The molecule has 104 valence electrons. The van der Waals surface area contributed by atoms with Crippen LogP contribution in [0.15, 0.2) is 42.5 Å². The molecule has 0 aliphatic heterocycles. The van der Waals surface area contributed by atoms with Crippen molar-refractivity contribution >= 4 is 23.2 Å². The Labute approximate surface area is 122 Å². The highest BCUT2D eigenvalue weighted by Crippen LogP contribution is 2.26. The molecule has 0 unspecified atom stereocenters. The number of benzene rings is 2. The number of carbonyl (C=O) groups is 1. The van der Waals surface area contributed by atoms with Crippen LogP contribution < -0.4 is 10.1 Å². The van der Waals surface area contributed by atoms with Gasteiger partial charge in [-0.25, -0.2) is 0 Å². The topological polar surface area (TPSA) is 58.6 Å². The number of hydrogen-bond donors (Lipinski definition) is 2. The highest BCUT2D eigenvalue weighted by molar-refractivity contribution is 6.32. The minimum Gasteiger partial charge on any atom is -0.506 e. The number of amides is 1. The number of aromatic hydroxyl groups is 1. The van der Waals surface area contributed by atoms with Gasteiger partial charge >= 0.3 is 0 Å². The fourth-order valence-electron chi connectivity index (χ4n) is 1.69. The smallest absolute Gasteiger partial charge is 0.255 e. The van der Waals surface area contributed by atoms with Gasteiger partial charge in [0.05, 0.1) is 17.3 Å². The van der Waals surface area contributed by atoms with Crippen LogP contribution in [0.5, 0.6) is 11.5 Å². The van der Waals surface area contributed by atoms with Crippen molar-refractivity contribution in [1.29, 1.82) is 0 Å². The van der Waals surface area contributed by atoms with E-state index in [1.54, 1.807) is 12.1 Å². The van der Waals surface area contributed by atoms with E-state index in [2.05, 4.69) is 5.32 Å². The van der Waals surface area contributed by atoms with Crippen LogP contribution in [-0.2, 0) is 0 Å². The molecule has 0 aliphatic carbocycles. The van der Waals surface area contributed by atoms with Crippen LogP contribution in [0.4, 0.5) is 5.69 Å². The average molecular weight is 292 g/mol. The lowest BCUT2D eigenvalue weighted by Gasteiger charge is -2.11. The van der Waals surface area contributed by atoms with Crippen molar-refractivity contribution < 1.29 is 14.6 Å². The normalized spacial score (nSPS) is 10.1. The fourth-order valence-corrected chi connectivity index (χ4v) is 1.87. The Balaban J connectivity index is 2.21. The molecule has 0 saturated carbocycles. The van der Waals surface area contributed by atoms with Crippen molar-refractivity contribution in [1.82, 2.24) is 0 Å². The molecule has 20 heavy (non-hydrogen) atoms. The predicted molar refractivity (Wildman–Crippen MR) is 78.7 cm³/mol. The molecule has 2 N–H and O–H groups in total. The first kappa shape index (κ1) is 14.2. The van der Waals surface area contributed by atoms with E-state index in [1.165, 1.54) is 18.2 Å². The van der Waals surface area contributed by atoms with Crippen LogP contribution in [0.25, 0.3) is 0 Å². The first-order valence-corrected chi connectivity index (χ1v) is 6.51. The van der Waals surface area contributed by atoms with E-state index < -0.39 is 0 Å². The predicted octanol–water partition coefficient (Wildman–Crippen LogP) is 3.70. The fraction of sp³-hybridized carbons (Fsp3) is 0.133. The van der Waals surface area contributed by atoms with Crippen LogP contribution in [0.3, 0.4) is 0 Å². The van der Waals surface area contributed by atoms with Gasteiger partial charge in [0.15, 0.2) is 0 Å². The Morgan fingerprint density at radius 3 is 2.75 bits per heavy atom.